The topological polar surface area (TPSA) is 73.2 Å². The van der Waals surface area contributed by atoms with Gasteiger partial charge in [-0.1, -0.05) is 12.1 Å². The van der Waals surface area contributed by atoms with Crippen LogP contribution in [0.2, 0.25) is 0 Å². The van der Waals surface area contributed by atoms with Gasteiger partial charge in [-0.05, 0) is 49.2 Å². The van der Waals surface area contributed by atoms with Crippen LogP contribution in [0.1, 0.15) is 28.4 Å². The first-order valence-corrected chi connectivity index (χ1v) is 8.78. The molecule has 0 bridgehead atoms. The van der Waals surface area contributed by atoms with Gasteiger partial charge in [0.25, 0.3) is 0 Å². The van der Waals surface area contributed by atoms with E-state index >= 15 is 0 Å². The number of ketones is 1. The number of carbonyl (C=O) groups excluding carboxylic acids is 2. The van der Waals surface area contributed by atoms with Crippen molar-refractivity contribution in [3.63, 3.8) is 0 Å². The lowest BCUT2D eigenvalue weighted by Gasteiger charge is -2.09. The largest absolute Gasteiger partial charge is 0.453 e. The number of halogens is 2. The number of ether oxygens (including phenoxy) is 1. The van der Waals surface area contributed by atoms with Crippen molar-refractivity contribution in [1.29, 1.82) is 0 Å². The number of hydrogen-bond donors (Lipinski definition) is 1. The van der Waals surface area contributed by atoms with Gasteiger partial charge in [0.1, 0.15) is 5.69 Å². The fraction of sp³-hybridized carbons (Fsp3) is 0.190. The number of nitrogens with one attached hydrogen (secondary N) is 1. The van der Waals surface area contributed by atoms with Gasteiger partial charge >= 0.3 is 6.09 Å². The summed E-state index contributed by atoms with van der Waals surface area (Å²) >= 11 is 0. The Morgan fingerprint density at radius 1 is 1.14 bits per heavy atom. The highest BCUT2D eigenvalue weighted by molar-refractivity contribution is 5.94. The van der Waals surface area contributed by atoms with Crippen molar-refractivity contribution in [2.45, 2.75) is 20.4 Å². The minimum Gasteiger partial charge on any atom is -0.453 e. The standard InChI is InChI=1S/C21H19F2N3O3/c1-12-4-5-14(8-16(12)11-24-21(28)29-3)19-6-7-26(25-19)20-17(22)9-15(13(2)27)10-18(20)23/h4-10H,11H2,1-3H3,(H,24,28). The molecule has 1 amide bonds. The third-order valence-electron chi connectivity index (χ3n) is 4.50. The van der Waals surface area contributed by atoms with E-state index in [0.29, 0.717) is 5.69 Å². The van der Waals surface area contributed by atoms with E-state index in [1.165, 1.54) is 20.2 Å². The summed E-state index contributed by atoms with van der Waals surface area (Å²) < 4.78 is 34.4. The molecule has 3 aromatic rings. The van der Waals surface area contributed by atoms with Crippen LogP contribution in [0.5, 0.6) is 0 Å². The maximum absolute atomic E-state index is 14.4. The molecule has 0 aliphatic rings. The number of rotatable bonds is 5. The van der Waals surface area contributed by atoms with Gasteiger partial charge in [0.2, 0.25) is 0 Å². The number of benzene rings is 2. The van der Waals surface area contributed by atoms with Crippen LogP contribution in [-0.2, 0) is 11.3 Å². The molecule has 0 radical (unpaired) electrons. The number of nitrogens with zero attached hydrogens (tertiary/aromatic N) is 2. The molecule has 29 heavy (non-hydrogen) atoms. The Bertz CT molecular complexity index is 1070. The van der Waals surface area contributed by atoms with Gasteiger partial charge in [0.15, 0.2) is 17.4 Å². The smallest absolute Gasteiger partial charge is 0.407 e. The molecule has 0 fully saturated rings. The van der Waals surface area contributed by atoms with E-state index in [1.54, 1.807) is 6.07 Å². The Morgan fingerprint density at radius 2 is 1.83 bits per heavy atom. The van der Waals surface area contributed by atoms with Crippen molar-refractivity contribution in [1.82, 2.24) is 15.1 Å². The van der Waals surface area contributed by atoms with E-state index in [4.69, 9.17) is 0 Å². The predicted molar refractivity (Wildman–Crippen MR) is 103 cm³/mol. The fourth-order valence-electron chi connectivity index (χ4n) is 2.85. The normalized spacial score (nSPS) is 10.7. The zero-order valence-corrected chi connectivity index (χ0v) is 16.1. The molecule has 1 heterocycles. The van der Waals surface area contributed by atoms with Crippen molar-refractivity contribution < 1.29 is 23.1 Å². The predicted octanol–water partition coefficient (Wildman–Crippen LogP) is 4.18. The molecule has 1 N–H and O–H groups in total. The van der Waals surface area contributed by atoms with E-state index in [-0.39, 0.29) is 17.8 Å². The number of Topliss-reactive ketones (excluding diaryl/α,β-unsaturated/α-hetero) is 1. The van der Waals surface area contributed by atoms with Crippen LogP contribution in [-0.4, -0.2) is 28.8 Å². The third kappa shape index (κ3) is 4.31. The summed E-state index contributed by atoms with van der Waals surface area (Å²) in [7, 11) is 1.28. The van der Waals surface area contributed by atoms with Crippen LogP contribution in [0.15, 0.2) is 42.6 Å². The highest BCUT2D eigenvalue weighted by Crippen LogP contribution is 2.24. The van der Waals surface area contributed by atoms with E-state index in [1.807, 2.05) is 25.1 Å². The second-order valence-electron chi connectivity index (χ2n) is 6.48. The van der Waals surface area contributed by atoms with Crippen LogP contribution in [0.25, 0.3) is 16.9 Å². The van der Waals surface area contributed by atoms with Crippen molar-refractivity contribution in [2.75, 3.05) is 7.11 Å². The minimum atomic E-state index is -0.878. The molecular weight excluding hydrogens is 380 g/mol. The van der Waals surface area contributed by atoms with Gasteiger partial charge < -0.3 is 10.1 Å². The summed E-state index contributed by atoms with van der Waals surface area (Å²) in [4.78, 5) is 22.7. The molecule has 0 aliphatic carbocycles. The van der Waals surface area contributed by atoms with Crippen LogP contribution < -0.4 is 5.32 Å². The molecule has 0 unspecified atom stereocenters. The van der Waals surface area contributed by atoms with Crippen molar-refractivity contribution in [3.05, 3.63) is 70.9 Å². The average Bonchev–Trinajstić information content (AvgIpc) is 3.16. The van der Waals surface area contributed by atoms with E-state index in [9.17, 15) is 18.4 Å². The Balaban J connectivity index is 1.93. The summed E-state index contributed by atoms with van der Waals surface area (Å²) in [6.45, 7) is 3.41. The first kappa shape index (κ1) is 20.2. The summed E-state index contributed by atoms with van der Waals surface area (Å²) in [6, 6.07) is 9.14. The maximum atomic E-state index is 14.4. The van der Waals surface area contributed by atoms with Crippen molar-refractivity contribution in [2.24, 2.45) is 0 Å². The summed E-state index contributed by atoms with van der Waals surface area (Å²) in [5.74, 6) is -2.18. The minimum absolute atomic E-state index is 0.0441. The van der Waals surface area contributed by atoms with Gasteiger partial charge in [-0.15, -0.1) is 0 Å². The number of carbonyl (C=O) groups is 2. The molecule has 8 heteroatoms. The Hall–Kier alpha value is -3.55. The van der Waals surface area contributed by atoms with E-state index in [2.05, 4.69) is 15.2 Å². The second kappa shape index (κ2) is 8.22. The van der Waals surface area contributed by atoms with Gasteiger partial charge in [-0.3, -0.25) is 4.79 Å². The number of amides is 1. The SMILES string of the molecule is COC(=O)NCc1cc(-c2ccn(-c3c(F)cc(C(C)=O)cc3F)n2)ccc1C. The monoisotopic (exact) mass is 399 g/mol. The molecule has 2 aromatic carbocycles. The highest BCUT2D eigenvalue weighted by atomic mass is 19.1. The van der Waals surface area contributed by atoms with Gasteiger partial charge in [-0.2, -0.15) is 5.10 Å². The quantitative estimate of drug-likeness (QED) is 0.653. The lowest BCUT2D eigenvalue weighted by atomic mass is 10.0. The molecule has 150 valence electrons. The van der Waals surface area contributed by atoms with Gasteiger partial charge in [0, 0.05) is 23.9 Å². The van der Waals surface area contributed by atoms with Gasteiger partial charge in [0.05, 0.1) is 12.8 Å². The number of methoxy groups -OCH3 is 1. The first-order valence-electron chi connectivity index (χ1n) is 8.78. The van der Waals surface area contributed by atoms with Crippen molar-refractivity contribution >= 4 is 11.9 Å². The van der Waals surface area contributed by atoms with Gasteiger partial charge in [-0.25, -0.2) is 18.3 Å². The Labute approximate surface area is 166 Å². The number of aryl methyl sites for hydroxylation is 1. The van der Waals surface area contributed by atoms with Crippen LogP contribution >= 0.6 is 0 Å². The number of hydrogen-bond acceptors (Lipinski definition) is 4. The lowest BCUT2D eigenvalue weighted by molar-refractivity contribution is 0.101. The zero-order chi connectivity index (χ0) is 21.1. The third-order valence-corrected chi connectivity index (χ3v) is 4.50. The van der Waals surface area contributed by atoms with Crippen molar-refractivity contribution in [3.8, 4) is 16.9 Å². The van der Waals surface area contributed by atoms with Crippen LogP contribution in [0, 0.1) is 18.6 Å². The first-order chi connectivity index (χ1) is 13.8. The number of aromatic nitrogens is 2. The molecular formula is C21H19F2N3O3. The zero-order valence-electron chi connectivity index (χ0n) is 16.1. The summed E-state index contributed by atoms with van der Waals surface area (Å²) in [5.41, 5.74) is 2.63. The van der Waals surface area contributed by atoms with E-state index < -0.39 is 23.5 Å². The maximum Gasteiger partial charge on any atom is 0.407 e. The molecule has 6 nitrogen and oxygen atoms in total. The number of alkyl carbamates (subject to hydrolysis) is 1. The summed E-state index contributed by atoms with van der Waals surface area (Å²) in [6.07, 6.45) is 0.898. The second-order valence-corrected chi connectivity index (χ2v) is 6.48. The molecule has 3 rings (SSSR count). The molecule has 1 aromatic heterocycles. The molecule has 0 aliphatic heterocycles. The van der Waals surface area contributed by atoms with Crippen LogP contribution in [0.3, 0.4) is 0 Å². The summed E-state index contributed by atoms with van der Waals surface area (Å²) in [5, 5.41) is 6.88. The molecule has 0 saturated carbocycles. The highest BCUT2D eigenvalue weighted by Gasteiger charge is 2.17. The van der Waals surface area contributed by atoms with Crippen LogP contribution in [0.4, 0.5) is 13.6 Å². The fourth-order valence-corrected chi connectivity index (χ4v) is 2.85. The molecule has 0 spiro atoms. The van der Waals surface area contributed by atoms with E-state index in [0.717, 1.165) is 33.5 Å². The lowest BCUT2D eigenvalue weighted by Crippen LogP contribution is -2.22. The Kier molecular flexibility index (Phi) is 5.72. The molecule has 0 saturated heterocycles. The average molecular weight is 399 g/mol. The molecule has 0 atom stereocenters. The Morgan fingerprint density at radius 3 is 2.45 bits per heavy atom.